The van der Waals surface area contributed by atoms with Gasteiger partial charge in [-0.2, -0.15) is 0 Å². The van der Waals surface area contributed by atoms with Gasteiger partial charge in [-0.05, 0) is 72.4 Å². The Balaban J connectivity index is 1.63. The third kappa shape index (κ3) is 17.9. The third-order valence-corrected chi connectivity index (χ3v) is 9.34. The fourth-order valence-corrected chi connectivity index (χ4v) is 6.55. The first-order valence-corrected chi connectivity index (χ1v) is 19.2. The van der Waals surface area contributed by atoms with Gasteiger partial charge in [-0.25, -0.2) is 0 Å². The first kappa shape index (κ1) is 37.4. The van der Waals surface area contributed by atoms with Crippen molar-refractivity contribution in [2.75, 3.05) is 0 Å². The van der Waals surface area contributed by atoms with E-state index in [2.05, 4.69) is 75.4 Å². The highest BCUT2D eigenvalue weighted by Crippen LogP contribution is 2.30. The van der Waals surface area contributed by atoms with Crippen molar-refractivity contribution in [1.29, 1.82) is 0 Å². The van der Waals surface area contributed by atoms with E-state index in [1.807, 2.05) is 0 Å². The van der Waals surface area contributed by atoms with Gasteiger partial charge in [0.05, 0.1) is 0 Å². The number of aryl methyl sites for hydroxylation is 1. The van der Waals surface area contributed by atoms with Gasteiger partial charge in [0.15, 0.2) is 0 Å². The van der Waals surface area contributed by atoms with Crippen LogP contribution in [0, 0.1) is 0 Å². The average molecular weight is 587 g/mol. The molecule has 0 atom stereocenters. The highest BCUT2D eigenvalue weighted by molar-refractivity contribution is 5.71. The summed E-state index contributed by atoms with van der Waals surface area (Å²) in [6, 6.07) is 16.3. The van der Waals surface area contributed by atoms with Crippen LogP contribution in [0.3, 0.4) is 0 Å². The molecule has 0 aliphatic carbocycles. The van der Waals surface area contributed by atoms with Gasteiger partial charge in [0, 0.05) is 0 Å². The first-order valence-electron chi connectivity index (χ1n) is 19.2. The summed E-state index contributed by atoms with van der Waals surface area (Å²) in [6.45, 7) is 6.92. The van der Waals surface area contributed by atoms with Crippen LogP contribution < -0.4 is 0 Å². The van der Waals surface area contributed by atoms with Crippen molar-refractivity contribution in [3.63, 3.8) is 0 Å². The molecule has 0 nitrogen and oxygen atoms in total. The maximum absolute atomic E-state index is 2.41. The van der Waals surface area contributed by atoms with E-state index in [-0.39, 0.29) is 0 Å². The Morgan fingerprint density at radius 1 is 0.465 bits per heavy atom. The van der Waals surface area contributed by atoms with Gasteiger partial charge < -0.3 is 0 Å². The van der Waals surface area contributed by atoms with E-state index in [0.717, 1.165) is 0 Å². The van der Waals surface area contributed by atoms with E-state index in [4.69, 9.17) is 0 Å². The topological polar surface area (TPSA) is 0 Å². The number of unbranched alkanes of at least 4 members (excludes halogenated alkanes) is 21. The number of rotatable bonds is 28. The molecule has 0 fully saturated rings. The summed E-state index contributed by atoms with van der Waals surface area (Å²) in [4.78, 5) is 0. The SMILES string of the molecule is CCCCCCCCCCCCCCCCCCCC=Cc1cccc(-c2cccc(CCCCCC)c2CCCC)c1. The van der Waals surface area contributed by atoms with E-state index in [0.29, 0.717) is 0 Å². The second kappa shape index (κ2) is 26.6. The Morgan fingerprint density at radius 3 is 1.56 bits per heavy atom. The molecule has 2 aromatic carbocycles. The summed E-state index contributed by atoms with van der Waals surface area (Å²) in [6.07, 6.45) is 40.7. The predicted octanol–water partition coefficient (Wildman–Crippen LogP) is 14.9. The molecule has 0 spiro atoms. The van der Waals surface area contributed by atoms with Gasteiger partial charge in [-0.1, -0.05) is 198 Å². The molecule has 0 unspecified atom stereocenters. The molecule has 0 heteroatoms. The van der Waals surface area contributed by atoms with Gasteiger partial charge in [-0.3, -0.25) is 0 Å². The molecule has 43 heavy (non-hydrogen) atoms. The lowest BCUT2D eigenvalue weighted by Gasteiger charge is -2.16. The average Bonchev–Trinajstić information content (AvgIpc) is 3.03. The van der Waals surface area contributed by atoms with E-state index in [9.17, 15) is 0 Å². The zero-order valence-electron chi connectivity index (χ0n) is 29.1. The van der Waals surface area contributed by atoms with Crippen LogP contribution in [-0.4, -0.2) is 0 Å². The number of allylic oxidation sites excluding steroid dienone is 1. The van der Waals surface area contributed by atoms with Crippen LogP contribution in [0.5, 0.6) is 0 Å². The Bertz CT molecular complexity index is 935. The van der Waals surface area contributed by atoms with Crippen molar-refractivity contribution in [3.05, 3.63) is 65.2 Å². The Hall–Kier alpha value is -1.82. The van der Waals surface area contributed by atoms with Crippen LogP contribution in [-0.2, 0) is 12.8 Å². The summed E-state index contributed by atoms with van der Waals surface area (Å²) in [5.41, 5.74) is 7.39. The maximum Gasteiger partial charge on any atom is -0.0149 e. The summed E-state index contributed by atoms with van der Waals surface area (Å²) in [5, 5.41) is 0. The predicted molar refractivity (Wildman–Crippen MR) is 196 cm³/mol. The van der Waals surface area contributed by atoms with Gasteiger partial charge in [0.25, 0.3) is 0 Å². The fraction of sp³-hybridized carbons (Fsp3) is 0.674. The summed E-state index contributed by atoms with van der Waals surface area (Å²) < 4.78 is 0. The standard InChI is InChI=1S/C43H70/c1-4-7-10-12-13-14-15-16-17-18-19-20-21-22-23-24-25-26-27-31-39-32-29-35-41(38-39)43-37-30-34-40(33-28-11-8-5-2)42(43)36-9-6-3/h27,29-32,34-35,37-38H,4-26,28,33,36H2,1-3H3. The lowest BCUT2D eigenvalue weighted by Crippen LogP contribution is -1.99. The maximum atomic E-state index is 2.41. The second-order valence-electron chi connectivity index (χ2n) is 13.3. The highest BCUT2D eigenvalue weighted by Gasteiger charge is 2.10. The zero-order valence-corrected chi connectivity index (χ0v) is 29.1. The molecular weight excluding hydrogens is 516 g/mol. The highest BCUT2D eigenvalue weighted by atomic mass is 14.2. The largest absolute Gasteiger partial charge is 0.0839 e. The number of hydrogen-bond acceptors (Lipinski definition) is 0. The molecule has 0 aliphatic rings. The molecule has 2 aromatic rings. The second-order valence-corrected chi connectivity index (χ2v) is 13.3. The molecule has 0 saturated carbocycles. The smallest absolute Gasteiger partial charge is 0.0149 e. The molecular formula is C43H70. The third-order valence-electron chi connectivity index (χ3n) is 9.34. The molecule has 0 heterocycles. The van der Waals surface area contributed by atoms with Crippen molar-refractivity contribution < 1.29 is 0 Å². The Labute approximate surface area is 269 Å². The summed E-state index contributed by atoms with van der Waals surface area (Å²) >= 11 is 0. The van der Waals surface area contributed by atoms with E-state index >= 15 is 0 Å². The van der Waals surface area contributed by atoms with Gasteiger partial charge in [0.1, 0.15) is 0 Å². The number of hydrogen-bond donors (Lipinski definition) is 0. The van der Waals surface area contributed by atoms with Crippen LogP contribution in [0.4, 0.5) is 0 Å². The quantitative estimate of drug-likeness (QED) is 0.0870. The van der Waals surface area contributed by atoms with Crippen molar-refractivity contribution >= 4 is 6.08 Å². The Morgan fingerprint density at radius 2 is 0.977 bits per heavy atom. The normalized spacial score (nSPS) is 11.6. The van der Waals surface area contributed by atoms with E-state index in [1.54, 1.807) is 11.1 Å². The van der Waals surface area contributed by atoms with Crippen LogP contribution in [0.25, 0.3) is 17.2 Å². The molecule has 0 aromatic heterocycles. The zero-order chi connectivity index (χ0) is 30.6. The number of benzene rings is 2. The molecule has 0 bridgehead atoms. The molecule has 0 radical (unpaired) electrons. The molecule has 0 amide bonds. The fourth-order valence-electron chi connectivity index (χ4n) is 6.55. The monoisotopic (exact) mass is 587 g/mol. The van der Waals surface area contributed by atoms with Gasteiger partial charge in [0.2, 0.25) is 0 Å². The molecule has 0 saturated heterocycles. The van der Waals surface area contributed by atoms with Crippen LogP contribution in [0.2, 0.25) is 0 Å². The van der Waals surface area contributed by atoms with Crippen molar-refractivity contribution in [2.45, 2.75) is 188 Å². The van der Waals surface area contributed by atoms with E-state index < -0.39 is 0 Å². The van der Waals surface area contributed by atoms with Crippen molar-refractivity contribution in [3.8, 4) is 11.1 Å². The summed E-state index contributed by atoms with van der Waals surface area (Å²) in [5.74, 6) is 0. The molecule has 0 N–H and O–H groups in total. The van der Waals surface area contributed by atoms with Crippen LogP contribution in [0.15, 0.2) is 48.5 Å². The minimum atomic E-state index is 1.20. The van der Waals surface area contributed by atoms with Gasteiger partial charge >= 0.3 is 0 Å². The lowest BCUT2D eigenvalue weighted by atomic mass is 9.89. The summed E-state index contributed by atoms with van der Waals surface area (Å²) in [7, 11) is 0. The van der Waals surface area contributed by atoms with Gasteiger partial charge in [-0.15, -0.1) is 0 Å². The lowest BCUT2D eigenvalue weighted by molar-refractivity contribution is 0.527. The molecule has 0 aliphatic heterocycles. The Kier molecular flexibility index (Phi) is 23.1. The first-order chi connectivity index (χ1) is 21.3. The van der Waals surface area contributed by atoms with Crippen LogP contribution >= 0.6 is 0 Å². The minimum absolute atomic E-state index is 1.20. The van der Waals surface area contributed by atoms with Crippen LogP contribution in [0.1, 0.15) is 192 Å². The van der Waals surface area contributed by atoms with Crippen molar-refractivity contribution in [2.24, 2.45) is 0 Å². The van der Waals surface area contributed by atoms with E-state index in [1.165, 1.54) is 184 Å². The minimum Gasteiger partial charge on any atom is -0.0839 e. The van der Waals surface area contributed by atoms with Crippen molar-refractivity contribution in [1.82, 2.24) is 0 Å². The molecule has 2 rings (SSSR count). The molecule has 242 valence electrons.